The second-order valence-electron chi connectivity index (χ2n) is 2.84. The van der Waals surface area contributed by atoms with E-state index in [1.807, 2.05) is 31.4 Å². The van der Waals surface area contributed by atoms with Crippen LogP contribution in [0.5, 0.6) is 0 Å². The predicted octanol–water partition coefficient (Wildman–Crippen LogP) is 1.06. The van der Waals surface area contributed by atoms with Crippen molar-refractivity contribution in [2.45, 2.75) is 0 Å². The van der Waals surface area contributed by atoms with Gasteiger partial charge in [-0.2, -0.15) is 5.10 Å². The first-order valence-corrected chi connectivity index (χ1v) is 3.97. The Kier molecular flexibility index (Phi) is 1.73. The standard InChI is InChI=1S/C9H10N4/c1-13-5-3-8(12-13)7-2-4-11-9(10)6-7/h2-6H,1H3,(H2,10,11). The SMILES string of the molecule is Cn1ccc(-c2ccnc(N)c2)n1. The molecule has 0 atom stereocenters. The highest BCUT2D eigenvalue weighted by Gasteiger charge is 2.00. The van der Waals surface area contributed by atoms with Crippen LogP contribution in [0.1, 0.15) is 0 Å². The molecule has 4 nitrogen and oxygen atoms in total. The normalized spacial score (nSPS) is 10.2. The van der Waals surface area contributed by atoms with Crippen LogP contribution in [0.2, 0.25) is 0 Å². The number of aryl methyl sites for hydroxylation is 1. The first-order chi connectivity index (χ1) is 6.25. The molecule has 4 heteroatoms. The molecule has 0 unspecified atom stereocenters. The summed E-state index contributed by atoms with van der Waals surface area (Å²) in [7, 11) is 1.88. The fourth-order valence-corrected chi connectivity index (χ4v) is 1.18. The third-order valence-corrected chi connectivity index (χ3v) is 1.79. The van der Waals surface area contributed by atoms with E-state index in [1.54, 1.807) is 10.9 Å². The van der Waals surface area contributed by atoms with Gasteiger partial charge in [0.25, 0.3) is 0 Å². The van der Waals surface area contributed by atoms with Gasteiger partial charge in [-0.15, -0.1) is 0 Å². The van der Waals surface area contributed by atoms with Crippen molar-refractivity contribution in [2.75, 3.05) is 5.73 Å². The van der Waals surface area contributed by atoms with E-state index in [1.165, 1.54) is 0 Å². The zero-order valence-corrected chi connectivity index (χ0v) is 7.31. The molecular weight excluding hydrogens is 164 g/mol. The lowest BCUT2D eigenvalue weighted by atomic mass is 10.2. The Morgan fingerprint density at radius 1 is 1.38 bits per heavy atom. The molecule has 0 aromatic carbocycles. The van der Waals surface area contributed by atoms with Crippen molar-refractivity contribution in [3.8, 4) is 11.3 Å². The molecule has 66 valence electrons. The van der Waals surface area contributed by atoms with Crippen molar-refractivity contribution >= 4 is 5.82 Å². The quantitative estimate of drug-likeness (QED) is 0.703. The molecule has 0 saturated carbocycles. The Balaban J connectivity index is 2.46. The number of hydrogen-bond donors (Lipinski definition) is 1. The van der Waals surface area contributed by atoms with E-state index in [-0.39, 0.29) is 0 Å². The number of nitrogen functional groups attached to an aromatic ring is 1. The van der Waals surface area contributed by atoms with Crippen molar-refractivity contribution in [2.24, 2.45) is 7.05 Å². The number of nitrogens with zero attached hydrogens (tertiary/aromatic N) is 3. The number of pyridine rings is 1. The number of rotatable bonds is 1. The fourth-order valence-electron chi connectivity index (χ4n) is 1.18. The number of aromatic nitrogens is 3. The van der Waals surface area contributed by atoms with E-state index in [2.05, 4.69) is 10.1 Å². The van der Waals surface area contributed by atoms with E-state index in [0.29, 0.717) is 5.82 Å². The summed E-state index contributed by atoms with van der Waals surface area (Å²) in [6.07, 6.45) is 3.57. The molecule has 2 aromatic rings. The summed E-state index contributed by atoms with van der Waals surface area (Å²) >= 11 is 0. The fraction of sp³-hybridized carbons (Fsp3) is 0.111. The van der Waals surface area contributed by atoms with E-state index >= 15 is 0 Å². The molecule has 0 spiro atoms. The van der Waals surface area contributed by atoms with Crippen molar-refractivity contribution in [1.82, 2.24) is 14.8 Å². The smallest absolute Gasteiger partial charge is 0.123 e. The Labute approximate surface area is 76.0 Å². The molecule has 0 amide bonds. The lowest BCUT2D eigenvalue weighted by molar-refractivity contribution is 0.771. The van der Waals surface area contributed by atoms with Crippen molar-refractivity contribution in [3.63, 3.8) is 0 Å². The van der Waals surface area contributed by atoms with Gasteiger partial charge >= 0.3 is 0 Å². The summed E-state index contributed by atoms with van der Waals surface area (Å²) in [5, 5.41) is 4.26. The van der Waals surface area contributed by atoms with Gasteiger partial charge in [0.2, 0.25) is 0 Å². The molecule has 2 rings (SSSR count). The van der Waals surface area contributed by atoms with Crippen molar-refractivity contribution in [1.29, 1.82) is 0 Å². The second kappa shape index (κ2) is 2.90. The molecule has 13 heavy (non-hydrogen) atoms. The molecule has 0 aliphatic carbocycles. The van der Waals surface area contributed by atoms with Gasteiger partial charge in [-0.1, -0.05) is 0 Å². The van der Waals surface area contributed by atoms with Crippen LogP contribution in [0.15, 0.2) is 30.6 Å². The second-order valence-corrected chi connectivity index (χ2v) is 2.84. The zero-order valence-electron chi connectivity index (χ0n) is 7.31. The molecule has 0 saturated heterocycles. The maximum Gasteiger partial charge on any atom is 0.123 e. The minimum Gasteiger partial charge on any atom is -0.384 e. The number of nitrogens with two attached hydrogens (primary N) is 1. The summed E-state index contributed by atoms with van der Waals surface area (Å²) < 4.78 is 1.76. The van der Waals surface area contributed by atoms with Gasteiger partial charge in [0.05, 0.1) is 5.69 Å². The van der Waals surface area contributed by atoms with Gasteiger partial charge in [-0.3, -0.25) is 4.68 Å². The number of anilines is 1. The summed E-state index contributed by atoms with van der Waals surface area (Å²) in [6, 6.07) is 5.63. The highest BCUT2D eigenvalue weighted by Crippen LogP contribution is 2.16. The van der Waals surface area contributed by atoms with Gasteiger partial charge in [0, 0.05) is 25.0 Å². The summed E-state index contributed by atoms with van der Waals surface area (Å²) in [5.41, 5.74) is 7.46. The van der Waals surface area contributed by atoms with Gasteiger partial charge in [-0.05, 0) is 18.2 Å². The monoisotopic (exact) mass is 174 g/mol. The highest BCUT2D eigenvalue weighted by molar-refractivity contribution is 5.61. The summed E-state index contributed by atoms with van der Waals surface area (Å²) in [5.74, 6) is 0.517. The van der Waals surface area contributed by atoms with Crippen LogP contribution in [-0.2, 0) is 7.05 Å². The molecule has 0 aliphatic heterocycles. The largest absolute Gasteiger partial charge is 0.384 e. The van der Waals surface area contributed by atoms with Gasteiger partial charge < -0.3 is 5.73 Å². The minimum atomic E-state index is 0.517. The highest BCUT2D eigenvalue weighted by atomic mass is 15.2. The maximum absolute atomic E-state index is 5.56. The molecule has 0 radical (unpaired) electrons. The van der Waals surface area contributed by atoms with E-state index < -0.39 is 0 Å². The van der Waals surface area contributed by atoms with Gasteiger partial charge in [0.15, 0.2) is 0 Å². The van der Waals surface area contributed by atoms with Crippen LogP contribution in [-0.4, -0.2) is 14.8 Å². The molecule has 2 aromatic heterocycles. The summed E-state index contributed by atoms with van der Waals surface area (Å²) in [4.78, 5) is 3.92. The average molecular weight is 174 g/mol. The molecule has 2 N–H and O–H groups in total. The third-order valence-electron chi connectivity index (χ3n) is 1.79. The van der Waals surface area contributed by atoms with Crippen LogP contribution < -0.4 is 5.73 Å². The molecule has 0 fully saturated rings. The zero-order chi connectivity index (χ0) is 9.26. The predicted molar refractivity (Wildman–Crippen MR) is 50.9 cm³/mol. The van der Waals surface area contributed by atoms with Crippen LogP contribution in [0, 0.1) is 0 Å². The minimum absolute atomic E-state index is 0.517. The van der Waals surface area contributed by atoms with Crippen LogP contribution >= 0.6 is 0 Å². The average Bonchev–Trinajstić information content (AvgIpc) is 2.52. The molecular formula is C9H10N4. The van der Waals surface area contributed by atoms with E-state index in [0.717, 1.165) is 11.3 Å². The Bertz CT molecular complexity index is 419. The van der Waals surface area contributed by atoms with Crippen LogP contribution in [0.25, 0.3) is 11.3 Å². The lowest BCUT2D eigenvalue weighted by Crippen LogP contribution is -1.91. The number of hydrogen-bond acceptors (Lipinski definition) is 3. The maximum atomic E-state index is 5.56. The van der Waals surface area contributed by atoms with Gasteiger partial charge in [-0.25, -0.2) is 4.98 Å². The molecule has 0 bridgehead atoms. The van der Waals surface area contributed by atoms with Crippen molar-refractivity contribution < 1.29 is 0 Å². The van der Waals surface area contributed by atoms with E-state index in [9.17, 15) is 0 Å². The Morgan fingerprint density at radius 2 is 2.23 bits per heavy atom. The van der Waals surface area contributed by atoms with E-state index in [4.69, 9.17) is 5.73 Å². The Hall–Kier alpha value is -1.84. The molecule has 0 aliphatic rings. The van der Waals surface area contributed by atoms with Crippen LogP contribution in [0.3, 0.4) is 0 Å². The lowest BCUT2D eigenvalue weighted by Gasteiger charge is -1.96. The Morgan fingerprint density at radius 3 is 2.85 bits per heavy atom. The topological polar surface area (TPSA) is 56.7 Å². The van der Waals surface area contributed by atoms with Crippen LogP contribution in [0.4, 0.5) is 5.82 Å². The first kappa shape index (κ1) is 7.79. The van der Waals surface area contributed by atoms with Gasteiger partial charge in [0.1, 0.15) is 5.82 Å². The third kappa shape index (κ3) is 1.51. The molecule has 2 heterocycles. The van der Waals surface area contributed by atoms with Crippen molar-refractivity contribution in [3.05, 3.63) is 30.6 Å². The summed E-state index contributed by atoms with van der Waals surface area (Å²) in [6.45, 7) is 0. The first-order valence-electron chi connectivity index (χ1n) is 3.97.